The first-order valence-electron chi connectivity index (χ1n) is 12.8. The van der Waals surface area contributed by atoms with Crippen molar-refractivity contribution in [3.05, 3.63) is 0 Å². The topological polar surface area (TPSA) is 137 Å². The Balaban J connectivity index is 2.22. The van der Waals surface area contributed by atoms with E-state index in [-0.39, 0.29) is 11.8 Å². The second-order valence-electron chi connectivity index (χ2n) is 12.3. The monoisotopic (exact) mass is 528 g/mol. The van der Waals surface area contributed by atoms with Crippen molar-refractivity contribution in [1.82, 2.24) is 20.6 Å². The van der Waals surface area contributed by atoms with E-state index in [0.29, 0.717) is 25.3 Å². The number of aliphatic hydroxyl groups is 1. The SMILES string of the molecule is C[C@H]1CCN(C(=O)[C@@H](NC(=O)OC(C)(C)C)C(C)(C)C)[C@@H]1C(=O)NC(CC1CCC1)C(O)C(=O)NP. The average Bonchev–Trinajstić information content (AvgIpc) is 3.11. The number of hydrogen-bond acceptors (Lipinski definition) is 6. The van der Waals surface area contributed by atoms with E-state index in [1.807, 2.05) is 27.7 Å². The molecule has 0 bridgehead atoms. The summed E-state index contributed by atoms with van der Waals surface area (Å²) in [6.45, 7) is 13.0. The van der Waals surface area contributed by atoms with Crippen molar-refractivity contribution in [2.75, 3.05) is 6.54 Å². The van der Waals surface area contributed by atoms with Crippen molar-refractivity contribution in [1.29, 1.82) is 0 Å². The van der Waals surface area contributed by atoms with Crippen LogP contribution in [-0.4, -0.2) is 70.2 Å². The molecule has 1 saturated carbocycles. The first-order valence-corrected chi connectivity index (χ1v) is 13.4. The lowest BCUT2D eigenvalue weighted by molar-refractivity contribution is -0.144. The minimum atomic E-state index is -1.40. The van der Waals surface area contributed by atoms with E-state index in [2.05, 4.69) is 25.1 Å². The van der Waals surface area contributed by atoms with Gasteiger partial charge in [0.05, 0.1) is 6.04 Å². The van der Waals surface area contributed by atoms with E-state index < -0.39 is 53.2 Å². The van der Waals surface area contributed by atoms with Crippen LogP contribution in [0.4, 0.5) is 4.79 Å². The Hall–Kier alpha value is -1.93. The van der Waals surface area contributed by atoms with Gasteiger partial charge in [0.15, 0.2) is 6.10 Å². The fraction of sp³-hybridized carbons (Fsp3) is 0.840. The smallest absolute Gasteiger partial charge is 0.408 e. The Morgan fingerprint density at radius 2 is 1.67 bits per heavy atom. The van der Waals surface area contributed by atoms with Crippen LogP contribution in [0.2, 0.25) is 0 Å². The van der Waals surface area contributed by atoms with Gasteiger partial charge in [-0.25, -0.2) is 4.79 Å². The standard InChI is InChI=1S/C25H45N4O6P/c1-14-11-12-29(22(33)19(24(2,3)4)27-23(34)35-25(5,6)7)17(14)20(31)26-16(13-15-9-8-10-15)18(30)21(32)28-36/h14-19,30H,8-13,36H2,1-7H3,(H,26,31)(H,27,34)(H,28,32)/t14-,16?,17-,18?,19+/m0/s1. The maximum atomic E-state index is 13.7. The van der Waals surface area contributed by atoms with Gasteiger partial charge in [-0.15, -0.1) is 0 Å². The maximum Gasteiger partial charge on any atom is 0.408 e. The molecule has 0 aromatic carbocycles. The normalized spacial score (nSPS) is 23.2. The molecule has 11 heteroatoms. The summed E-state index contributed by atoms with van der Waals surface area (Å²) in [6.07, 6.45) is 2.10. The van der Waals surface area contributed by atoms with Gasteiger partial charge >= 0.3 is 6.09 Å². The maximum absolute atomic E-state index is 13.7. The molecule has 0 spiro atoms. The number of amides is 4. The summed E-state index contributed by atoms with van der Waals surface area (Å²) in [5.74, 6) is -1.15. The minimum absolute atomic E-state index is 0.131. The number of ether oxygens (including phenoxy) is 1. The molecule has 2 rings (SSSR count). The van der Waals surface area contributed by atoms with Crippen molar-refractivity contribution >= 4 is 33.2 Å². The summed E-state index contributed by atoms with van der Waals surface area (Å²) in [4.78, 5) is 53.4. The molecule has 4 N–H and O–H groups in total. The van der Waals surface area contributed by atoms with Crippen LogP contribution in [-0.2, 0) is 19.1 Å². The van der Waals surface area contributed by atoms with E-state index in [1.165, 1.54) is 4.90 Å². The van der Waals surface area contributed by atoms with Crippen molar-refractivity contribution in [3.63, 3.8) is 0 Å². The summed E-state index contributed by atoms with van der Waals surface area (Å²) >= 11 is 0. The molecule has 0 aromatic rings. The van der Waals surface area contributed by atoms with E-state index in [4.69, 9.17) is 4.74 Å². The Bertz CT molecular complexity index is 820. The lowest BCUT2D eigenvalue weighted by Crippen LogP contribution is -2.60. The van der Waals surface area contributed by atoms with Crippen LogP contribution in [0.25, 0.3) is 0 Å². The number of carbonyl (C=O) groups is 4. The molecule has 6 atom stereocenters. The second kappa shape index (κ2) is 12.1. The molecule has 1 aliphatic heterocycles. The summed E-state index contributed by atoms with van der Waals surface area (Å²) < 4.78 is 5.37. The summed E-state index contributed by atoms with van der Waals surface area (Å²) in [5.41, 5.74) is -1.36. The summed E-state index contributed by atoms with van der Waals surface area (Å²) in [6, 6.07) is -2.45. The number of rotatable bonds is 8. The fourth-order valence-electron chi connectivity index (χ4n) is 4.72. The Morgan fingerprint density at radius 1 is 1.06 bits per heavy atom. The van der Waals surface area contributed by atoms with Crippen molar-refractivity contribution < 1.29 is 29.0 Å². The number of carbonyl (C=O) groups excluding carboxylic acids is 4. The molecule has 10 nitrogen and oxygen atoms in total. The molecule has 206 valence electrons. The van der Waals surface area contributed by atoms with Crippen LogP contribution in [0, 0.1) is 17.3 Å². The number of likely N-dealkylation sites (tertiary alicyclic amines) is 1. The van der Waals surface area contributed by atoms with Crippen LogP contribution in [0.1, 0.15) is 80.6 Å². The third-order valence-electron chi connectivity index (χ3n) is 6.96. The van der Waals surface area contributed by atoms with Crippen LogP contribution >= 0.6 is 9.39 Å². The Kier molecular flexibility index (Phi) is 10.2. The van der Waals surface area contributed by atoms with Crippen molar-refractivity contribution in [3.8, 4) is 0 Å². The molecular weight excluding hydrogens is 483 g/mol. The molecule has 4 amide bonds. The van der Waals surface area contributed by atoms with Gasteiger partial charge in [0.25, 0.3) is 5.91 Å². The van der Waals surface area contributed by atoms with Gasteiger partial charge in [-0.2, -0.15) is 0 Å². The molecule has 36 heavy (non-hydrogen) atoms. The van der Waals surface area contributed by atoms with E-state index >= 15 is 0 Å². The molecular formula is C25H45N4O6P. The highest BCUT2D eigenvalue weighted by Crippen LogP contribution is 2.32. The van der Waals surface area contributed by atoms with Crippen LogP contribution in [0.5, 0.6) is 0 Å². The predicted octanol–water partition coefficient (Wildman–Crippen LogP) is 2.10. The summed E-state index contributed by atoms with van der Waals surface area (Å²) in [5, 5.41) is 18.5. The zero-order valence-corrected chi connectivity index (χ0v) is 23.9. The molecule has 1 heterocycles. The van der Waals surface area contributed by atoms with Gasteiger partial charge in [0, 0.05) is 6.54 Å². The number of alkyl carbamates (subject to hydrolysis) is 1. The third kappa shape index (κ3) is 8.04. The molecule has 1 aliphatic carbocycles. The van der Waals surface area contributed by atoms with E-state index in [0.717, 1.165) is 19.3 Å². The fourth-order valence-corrected chi connectivity index (χ4v) is 4.90. The van der Waals surface area contributed by atoms with Gasteiger partial charge in [-0.1, -0.05) is 47.0 Å². The van der Waals surface area contributed by atoms with Crippen LogP contribution in [0.3, 0.4) is 0 Å². The molecule has 0 aromatic heterocycles. The van der Waals surface area contributed by atoms with Gasteiger partial charge in [-0.3, -0.25) is 14.4 Å². The van der Waals surface area contributed by atoms with Crippen molar-refractivity contribution in [2.45, 2.75) is 110 Å². The molecule has 2 aliphatic rings. The number of nitrogens with one attached hydrogen (secondary N) is 3. The van der Waals surface area contributed by atoms with Gasteiger partial charge in [-0.05, 0) is 60.3 Å². The predicted molar refractivity (Wildman–Crippen MR) is 140 cm³/mol. The number of nitrogens with zero attached hydrogens (tertiary/aromatic N) is 1. The quantitative estimate of drug-likeness (QED) is 0.356. The first kappa shape index (κ1) is 30.3. The lowest BCUT2D eigenvalue weighted by Gasteiger charge is -2.37. The lowest BCUT2D eigenvalue weighted by atomic mass is 9.79. The van der Waals surface area contributed by atoms with E-state index in [1.54, 1.807) is 20.8 Å². The van der Waals surface area contributed by atoms with Crippen LogP contribution in [0.15, 0.2) is 0 Å². The highest BCUT2D eigenvalue weighted by atomic mass is 31.0. The number of aliphatic hydroxyl groups excluding tert-OH is 1. The molecule has 1 saturated heterocycles. The minimum Gasteiger partial charge on any atom is -0.444 e. The number of hydrogen-bond donors (Lipinski definition) is 4. The Labute approximate surface area is 217 Å². The van der Waals surface area contributed by atoms with Crippen molar-refractivity contribution in [2.24, 2.45) is 17.3 Å². The third-order valence-corrected chi connectivity index (χ3v) is 7.24. The highest BCUT2D eigenvalue weighted by molar-refractivity contribution is 7.15. The van der Waals surface area contributed by atoms with E-state index in [9.17, 15) is 24.3 Å². The molecule has 2 fully saturated rings. The van der Waals surface area contributed by atoms with Crippen LogP contribution < -0.4 is 15.7 Å². The van der Waals surface area contributed by atoms with Gasteiger partial charge in [0.2, 0.25) is 11.8 Å². The zero-order valence-electron chi connectivity index (χ0n) is 22.7. The Morgan fingerprint density at radius 3 is 2.14 bits per heavy atom. The second-order valence-corrected chi connectivity index (χ2v) is 12.6. The molecule has 0 radical (unpaired) electrons. The molecule has 3 unspecified atom stereocenters. The average molecular weight is 529 g/mol. The summed E-state index contributed by atoms with van der Waals surface area (Å²) in [7, 11) is 2.07. The largest absolute Gasteiger partial charge is 0.444 e. The highest BCUT2D eigenvalue weighted by Gasteiger charge is 2.46. The van der Waals surface area contributed by atoms with Gasteiger partial charge < -0.3 is 30.5 Å². The van der Waals surface area contributed by atoms with Gasteiger partial charge in [0.1, 0.15) is 17.7 Å². The zero-order chi connectivity index (χ0) is 27.4. The first-order chi connectivity index (χ1) is 16.5.